The van der Waals surface area contributed by atoms with Gasteiger partial charge in [-0.25, -0.2) is 4.79 Å². The highest BCUT2D eigenvalue weighted by molar-refractivity contribution is 5.98. The number of halogens is 3. The van der Waals surface area contributed by atoms with E-state index in [4.69, 9.17) is 4.74 Å². The fraction of sp³-hybridized carbons (Fsp3) is 0.267. The first-order valence-electron chi connectivity index (χ1n) is 12.4. The van der Waals surface area contributed by atoms with E-state index in [2.05, 4.69) is 0 Å². The number of carboxylic acids is 1. The molecule has 4 aromatic rings. The van der Waals surface area contributed by atoms with Gasteiger partial charge >= 0.3 is 18.2 Å². The molecule has 1 heterocycles. The van der Waals surface area contributed by atoms with Gasteiger partial charge in [-0.2, -0.15) is 13.2 Å². The van der Waals surface area contributed by atoms with Crippen LogP contribution in [0.1, 0.15) is 43.0 Å². The normalized spacial score (nSPS) is 11.9. The maximum atomic E-state index is 13.7. The summed E-state index contributed by atoms with van der Waals surface area (Å²) in [5.41, 5.74) is 0.404. The van der Waals surface area contributed by atoms with Crippen molar-refractivity contribution in [3.8, 4) is 0 Å². The van der Waals surface area contributed by atoms with Crippen molar-refractivity contribution in [2.75, 3.05) is 4.90 Å². The van der Waals surface area contributed by atoms with Crippen LogP contribution in [-0.2, 0) is 35.2 Å². The van der Waals surface area contributed by atoms with Gasteiger partial charge in [0.1, 0.15) is 11.4 Å². The van der Waals surface area contributed by atoms with Crippen LogP contribution in [0.4, 0.5) is 23.8 Å². The molecule has 4 rings (SSSR count). The van der Waals surface area contributed by atoms with Crippen LogP contribution in [0.15, 0.2) is 78.9 Å². The van der Waals surface area contributed by atoms with Crippen LogP contribution in [-0.4, -0.2) is 27.3 Å². The number of ether oxygens (including phenoxy) is 1. The molecule has 1 amide bonds. The second-order valence-electron chi connectivity index (χ2n) is 10.2. The van der Waals surface area contributed by atoms with Crippen LogP contribution >= 0.6 is 0 Å². The van der Waals surface area contributed by atoms with E-state index in [9.17, 15) is 27.9 Å². The summed E-state index contributed by atoms with van der Waals surface area (Å²) < 4.78 is 48.0. The SMILES string of the molecule is CC(C)(C)OC(=O)N(Cc1cccc(C(F)(F)F)c1)c1c(CC(=O)O)c2ccccc2n1Cc1ccccc1. The Balaban J connectivity index is 1.96. The summed E-state index contributed by atoms with van der Waals surface area (Å²) in [6, 6.07) is 21.3. The molecule has 0 aliphatic rings. The van der Waals surface area contributed by atoms with Crippen molar-refractivity contribution in [3.05, 3.63) is 101 Å². The van der Waals surface area contributed by atoms with Gasteiger partial charge in [0, 0.05) is 17.5 Å². The van der Waals surface area contributed by atoms with Gasteiger partial charge in [-0.15, -0.1) is 0 Å². The number of para-hydroxylation sites is 1. The quantitative estimate of drug-likeness (QED) is 0.269. The number of carboxylic acid groups (broad SMARTS) is 1. The van der Waals surface area contributed by atoms with Crippen LogP contribution in [0, 0.1) is 0 Å². The van der Waals surface area contributed by atoms with E-state index >= 15 is 0 Å². The van der Waals surface area contributed by atoms with E-state index in [1.807, 2.05) is 47.0 Å². The van der Waals surface area contributed by atoms with Crippen LogP contribution in [0.2, 0.25) is 0 Å². The lowest BCUT2D eigenvalue weighted by Crippen LogP contribution is -2.38. The highest BCUT2D eigenvalue weighted by Gasteiger charge is 2.33. The molecule has 0 fully saturated rings. The third kappa shape index (κ3) is 6.60. The Kier molecular flexibility index (Phi) is 7.72. The number of nitrogens with zero attached hydrogens (tertiary/aromatic N) is 2. The van der Waals surface area contributed by atoms with Gasteiger partial charge in [-0.3, -0.25) is 9.69 Å². The van der Waals surface area contributed by atoms with Crippen LogP contribution in [0.25, 0.3) is 10.9 Å². The van der Waals surface area contributed by atoms with Crippen LogP contribution < -0.4 is 4.90 Å². The molecule has 3 aromatic carbocycles. The molecule has 1 N–H and O–H groups in total. The van der Waals surface area contributed by atoms with Crippen molar-refractivity contribution in [2.45, 2.75) is 52.1 Å². The summed E-state index contributed by atoms with van der Waals surface area (Å²) in [5.74, 6) is -0.851. The molecule has 204 valence electrons. The Hall–Kier alpha value is -4.27. The molecular weight excluding hydrogens is 509 g/mol. The van der Waals surface area contributed by atoms with Crippen molar-refractivity contribution < 1.29 is 32.6 Å². The van der Waals surface area contributed by atoms with Gasteiger partial charge in [0.05, 0.1) is 24.0 Å². The number of alkyl halides is 3. The van der Waals surface area contributed by atoms with Crippen molar-refractivity contribution in [3.63, 3.8) is 0 Å². The van der Waals surface area contributed by atoms with Gasteiger partial charge in [-0.1, -0.05) is 60.7 Å². The van der Waals surface area contributed by atoms with E-state index in [0.29, 0.717) is 16.5 Å². The Morgan fingerprint density at radius 3 is 2.18 bits per heavy atom. The summed E-state index contributed by atoms with van der Waals surface area (Å²) in [6.07, 6.45) is -5.77. The Bertz CT molecular complexity index is 1490. The van der Waals surface area contributed by atoms with Gasteiger partial charge in [0.15, 0.2) is 0 Å². The molecule has 0 radical (unpaired) electrons. The summed E-state index contributed by atoms with van der Waals surface area (Å²) in [4.78, 5) is 26.9. The van der Waals surface area contributed by atoms with Gasteiger partial charge < -0.3 is 14.4 Å². The van der Waals surface area contributed by atoms with Crippen molar-refractivity contribution >= 4 is 28.8 Å². The Morgan fingerprint density at radius 2 is 1.54 bits per heavy atom. The standard InChI is InChI=1S/C30H29F3N2O4/c1-29(2,3)39-28(38)35(19-21-12-9-13-22(16-21)30(31,32)33)27-24(17-26(36)37)23-14-7-8-15-25(23)34(27)18-20-10-5-4-6-11-20/h4-16H,17-19H2,1-3H3,(H,36,37). The van der Waals surface area contributed by atoms with Gasteiger partial charge in [-0.05, 0) is 50.1 Å². The highest BCUT2D eigenvalue weighted by atomic mass is 19.4. The predicted octanol–water partition coefficient (Wildman–Crippen LogP) is 7.28. The van der Waals surface area contributed by atoms with Crippen molar-refractivity contribution in [1.29, 1.82) is 0 Å². The maximum Gasteiger partial charge on any atom is 0.416 e. The topological polar surface area (TPSA) is 71.8 Å². The summed E-state index contributed by atoms with van der Waals surface area (Å²) in [7, 11) is 0. The third-order valence-electron chi connectivity index (χ3n) is 6.02. The number of fused-ring (bicyclic) bond motifs is 1. The molecule has 0 spiro atoms. The number of hydrogen-bond acceptors (Lipinski definition) is 3. The molecule has 0 saturated heterocycles. The molecular formula is C30H29F3N2O4. The summed E-state index contributed by atoms with van der Waals surface area (Å²) in [5, 5.41) is 10.4. The van der Waals surface area contributed by atoms with Gasteiger partial charge in [0.2, 0.25) is 0 Å². The predicted molar refractivity (Wildman–Crippen MR) is 143 cm³/mol. The molecule has 9 heteroatoms. The summed E-state index contributed by atoms with van der Waals surface area (Å²) in [6.45, 7) is 5.08. The zero-order chi connectivity index (χ0) is 28.4. The number of carbonyl (C=O) groups excluding carboxylic acids is 1. The first-order valence-corrected chi connectivity index (χ1v) is 12.4. The number of hydrogen-bond donors (Lipinski definition) is 1. The molecule has 6 nitrogen and oxygen atoms in total. The summed E-state index contributed by atoms with van der Waals surface area (Å²) >= 11 is 0. The van der Waals surface area contributed by atoms with Crippen LogP contribution in [0.5, 0.6) is 0 Å². The molecule has 0 aliphatic heterocycles. The lowest BCUT2D eigenvalue weighted by atomic mass is 10.1. The zero-order valence-electron chi connectivity index (χ0n) is 21.8. The van der Waals surface area contributed by atoms with Crippen LogP contribution in [0.3, 0.4) is 0 Å². The van der Waals surface area contributed by atoms with E-state index in [1.165, 1.54) is 17.0 Å². The van der Waals surface area contributed by atoms with E-state index in [0.717, 1.165) is 17.7 Å². The number of amides is 1. The van der Waals surface area contributed by atoms with Gasteiger partial charge in [0.25, 0.3) is 0 Å². The van der Waals surface area contributed by atoms with E-state index < -0.39 is 35.8 Å². The average Bonchev–Trinajstić information content (AvgIpc) is 3.14. The van der Waals surface area contributed by atoms with E-state index in [1.54, 1.807) is 32.9 Å². The molecule has 0 aliphatic carbocycles. The molecule has 1 aromatic heterocycles. The smallest absolute Gasteiger partial charge is 0.416 e. The first kappa shape index (κ1) is 27.8. The minimum atomic E-state index is -4.57. The molecule has 0 unspecified atom stereocenters. The molecule has 0 saturated carbocycles. The molecule has 0 atom stereocenters. The molecule has 0 bridgehead atoms. The highest BCUT2D eigenvalue weighted by Crippen LogP contribution is 2.37. The second-order valence-corrected chi connectivity index (χ2v) is 10.2. The minimum Gasteiger partial charge on any atom is -0.481 e. The Morgan fingerprint density at radius 1 is 0.897 bits per heavy atom. The maximum absolute atomic E-state index is 13.7. The molecule has 39 heavy (non-hydrogen) atoms. The van der Waals surface area contributed by atoms with Crippen molar-refractivity contribution in [2.24, 2.45) is 0 Å². The first-order chi connectivity index (χ1) is 18.3. The number of benzene rings is 3. The fourth-order valence-electron chi connectivity index (χ4n) is 4.49. The Labute approximate surface area is 224 Å². The largest absolute Gasteiger partial charge is 0.481 e. The number of carbonyl (C=O) groups is 2. The lowest BCUT2D eigenvalue weighted by molar-refractivity contribution is -0.138. The third-order valence-corrected chi connectivity index (χ3v) is 6.02. The number of aromatic nitrogens is 1. The monoisotopic (exact) mass is 538 g/mol. The number of rotatable bonds is 7. The fourth-order valence-corrected chi connectivity index (χ4v) is 4.49. The minimum absolute atomic E-state index is 0.216. The average molecular weight is 539 g/mol. The zero-order valence-corrected chi connectivity index (χ0v) is 21.8. The van der Waals surface area contributed by atoms with E-state index in [-0.39, 0.29) is 24.5 Å². The lowest BCUT2D eigenvalue weighted by Gasteiger charge is -2.29. The number of anilines is 1. The number of aliphatic carboxylic acids is 1. The van der Waals surface area contributed by atoms with Crippen molar-refractivity contribution in [1.82, 2.24) is 4.57 Å². The second kappa shape index (κ2) is 10.8.